The van der Waals surface area contributed by atoms with Gasteiger partial charge < -0.3 is 5.11 Å². The molecule has 1 heterocycles. The average Bonchev–Trinajstić information content (AvgIpc) is 2.99. The van der Waals surface area contributed by atoms with Crippen molar-refractivity contribution in [2.45, 2.75) is 43.2 Å². The van der Waals surface area contributed by atoms with E-state index in [9.17, 15) is 8.42 Å². The molecule has 102 valence electrons. The summed E-state index contributed by atoms with van der Waals surface area (Å²) in [5.74, 6) is 0. The maximum atomic E-state index is 12.3. The van der Waals surface area contributed by atoms with Crippen LogP contribution in [0.4, 0.5) is 0 Å². The van der Waals surface area contributed by atoms with E-state index < -0.39 is 10.0 Å². The van der Waals surface area contributed by atoms with Gasteiger partial charge in [-0.3, -0.25) is 4.68 Å². The fraction of sp³-hybridized carbons (Fsp3) is 0.727. The number of aromatic nitrogens is 2. The van der Waals surface area contributed by atoms with E-state index in [2.05, 4.69) is 5.10 Å². The molecule has 1 aromatic heterocycles. The first-order valence-corrected chi connectivity index (χ1v) is 7.61. The fourth-order valence-electron chi connectivity index (χ4n) is 2.33. The molecule has 0 radical (unpaired) electrons. The zero-order valence-corrected chi connectivity index (χ0v) is 11.3. The lowest BCUT2D eigenvalue weighted by molar-refractivity contribution is 0.269. The van der Waals surface area contributed by atoms with Crippen LogP contribution in [0.3, 0.4) is 0 Å². The molecule has 0 saturated heterocycles. The zero-order valence-electron chi connectivity index (χ0n) is 10.5. The van der Waals surface area contributed by atoms with E-state index in [-0.39, 0.29) is 17.5 Å². The van der Waals surface area contributed by atoms with Crippen molar-refractivity contribution in [1.82, 2.24) is 14.1 Å². The van der Waals surface area contributed by atoms with E-state index in [1.54, 1.807) is 7.05 Å². The Morgan fingerprint density at radius 3 is 2.78 bits per heavy atom. The van der Waals surface area contributed by atoms with Gasteiger partial charge in [-0.1, -0.05) is 12.8 Å². The summed E-state index contributed by atoms with van der Waals surface area (Å²) in [5.41, 5.74) is 0. The summed E-state index contributed by atoms with van der Waals surface area (Å²) < 4.78 is 27.6. The van der Waals surface area contributed by atoms with Crippen LogP contribution < -0.4 is 0 Å². The summed E-state index contributed by atoms with van der Waals surface area (Å²) in [5, 5.41) is 12.7. The minimum Gasteiger partial charge on any atom is -0.394 e. The Morgan fingerprint density at radius 2 is 2.17 bits per heavy atom. The maximum Gasteiger partial charge on any atom is 0.246 e. The smallest absolute Gasteiger partial charge is 0.246 e. The molecule has 6 nitrogen and oxygen atoms in total. The number of rotatable bonds is 5. The quantitative estimate of drug-likeness (QED) is 0.844. The van der Waals surface area contributed by atoms with Crippen molar-refractivity contribution in [2.75, 3.05) is 13.7 Å². The van der Waals surface area contributed by atoms with Crippen LogP contribution in [-0.4, -0.2) is 47.3 Å². The Balaban J connectivity index is 2.18. The Bertz CT molecular complexity index is 491. The molecule has 0 aromatic carbocycles. The maximum absolute atomic E-state index is 12.3. The monoisotopic (exact) mass is 273 g/mol. The molecular weight excluding hydrogens is 254 g/mol. The van der Waals surface area contributed by atoms with Gasteiger partial charge in [-0.25, -0.2) is 8.42 Å². The molecule has 0 bridgehead atoms. The first-order valence-electron chi connectivity index (χ1n) is 6.17. The fourth-order valence-corrected chi connectivity index (χ4v) is 3.70. The van der Waals surface area contributed by atoms with Gasteiger partial charge in [0.2, 0.25) is 10.0 Å². The van der Waals surface area contributed by atoms with Gasteiger partial charge in [-0.2, -0.15) is 9.40 Å². The van der Waals surface area contributed by atoms with Crippen LogP contribution >= 0.6 is 0 Å². The molecule has 0 spiro atoms. The van der Waals surface area contributed by atoms with Gasteiger partial charge in [0, 0.05) is 19.3 Å². The molecule has 0 amide bonds. The highest BCUT2D eigenvalue weighted by atomic mass is 32.2. The topological polar surface area (TPSA) is 75.4 Å². The summed E-state index contributed by atoms with van der Waals surface area (Å²) in [6.45, 7) is 0.252. The first-order chi connectivity index (χ1) is 8.55. The lowest BCUT2D eigenvalue weighted by Crippen LogP contribution is -2.35. The van der Waals surface area contributed by atoms with Crippen molar-refractivity contribution in [3.63, 3.8) is 0 Å². The summed E-state index contributed by atoms with van der Waals surface area (Å²) in [7, 11) is -1.82. The highest BCUT2D eigenvalue weighted by Gasteiger charge is 2.30. The molecule has 1 saturated carbocycles. The molecular formula is C11H19N3O3S. The summed E-state index contributed by atoms with van der Waals surface area (Å²) in [6.07, 6.45) is 6.86. The summed E-state index contributed by atoms with van der Waals surface area (Å²) >= 11 is 0. The molecule has 0 atom stereocenters. The number of aliphatic hydroxyl groups is 1. The minimum atomic E-state index is -3.45. The SMILES string of the molecule is CN(C1CCCC1)S(=O)(=O)c1cnn(CCO)c1. The Kier molecular flexibility index (Phi) is 4.04. The molecule has 1 aliphatic rings. The number of aliphatic hydroxyl groups excluding tert-OH is 1. The second kappa shape index (κ2) is 5.38. The van der Waals surface area contributed by atoms with Crippen molar-refractivity contribution in [2.24, 2.45) is 0 Å². The molecule has 1 aromatic rings. The molecule has 0 aliphatic heterocycles. The van der Waals surface area contributed by atoms with Gasteiger partial charge in [-0.05, 0) is 12.8 Å². The van der Waals surface area contributed by atoms with E-state index in [0.717, 1.165) is 25.7 Å². The molecule has 2 rings (SSSR count). The third-order valence-corrected chi connectivity index (χ3v) is 5.32. The number of sulfonamides is 1. The molecule has 1 aliphatic carbocycles. The molecule has 7 heteroatoms. The van der Waals surface area contributed by atoms with Crippen molar-refractivity contribution < 1.29 is 13.5 Å². The van der Waals surface area contributed by atoms with E-state index >= 15 is 0 Å². The highest BCUT2D eigenvalue weighted by Crippen LogP contribution is 2.26. The van der Waals surface area contributed by atoms with Crippen LogP contribution in [0.1, 0.15) is 25.7 Å². The second-order valence-corrected chi connectivity index (χ2v) is 6.62. The van der Waals surface area contributed by atoms with Gasteiger partial charge in [0.15, 0.2) is 0 Å². The van der Waals surface area contributed by atoms with E-state index in [1.807, 2.05) is 0 Å². The van der Waals surface area contributed by atoms with E-state index in [0.29, 0.717) is 6.54 Å². The van der Waals surface area contributed by atoms with Crippen LogP contribution in [-0.2, 0) is 16.6 Å². The van der Waals surface area contributed by atoms with Crippen LogP contribution in [0.15, 0.2) is 17.3 Å². The molecule has 1 fully saturated rings. The third kappa shape index (κ3) is 2.57. The van der Waals surface area contributed by atoms with Crippen LogP contribution in [0, 0.1) is 0 Å². The van der Waals surface area contributed by atoms with Crippen LogP contribution in [0.2, 0.25) is 0 Å². The largest absolute Gasteiger partial charge is 0.394 e. The summed E-state index contributed by atoms with van der Waals surface area (Å²) in [6, 6.07) is 0.108. The predicted octanol–water partition coefficient (Wildman–Crippen LogP) is 0.438. The average molecular weight is 273 g/mol. The Hall–Kier alpha value is -0.920. The van der Waals surface area contributed by atoms with Crippen molar-refractivity contribution in [1.29, 1.82) is 0 Å². The predicted molar refractivity (Wildman–Crippen MR) is 66.5 cm³/mol. The molecule has 0 unspecified atom stereocenters. The Labute approximate surface area is 107 Å². The molecule has 1 N–H and O–H groups in total. The number of nitrogens with zero attached hydrogens (tertiary/aromatic N) is 3. The van der Waals surface area contributed by atoms with E-state index in [4.69, 9.17) is 5.11 Å². The lowest BCUT2D eigenvalue weighted by Gasteiger charge is -2.22. The summed E-state index contributed by atoms with van der Waals surface area (Å²) in [4.78, 5) is 0.199. The van der Waals surface area contributed by atoms with Gasteiger partial charge in [0.25, 0.3) is 0 Å². The lowest BCUT2D eigenvalue weighted by atomic mass is 10.3. The minimum absolute atomic E-state index is 0.0559. The van der Waals surface area contributed by atoms with E-state index in [1.165, 1.54) is 21.4 Å². The normalized spacial score (nSPS) is 17.7. The van der Waals surface area contributed by atoms with Crippen molar-refractivity contribution >= 4 is 10.0 Å². The highest BCUT2D eigenvalue weighted by molar-refractivity contribution is 7.89. The van der Waals surface area contributed by atoms with Gasteiger partial charge in [0.05, 0.1) is 19.3 Å². The van der Waals surface area contributed by atoms with Crippen molar-refractivity contribution in [3.8, 4) is 0 Å². The molecule has 18 heavy (non-hydrogen) atoms. The Morgan fingerprint density at radius 1 is 1.50 bits per heavy atom. The standard InChI is InChI=1S/C11H19N3O3S/c1-13(10-4-2-3-5-10)18(16,17)11-8-12-14(9-11)6-7-15/h8-10,15H,2-7H2,1H3. The van der Waals surface area contributed by atoms with Gasteiger partial charge in [0.1, 0.15) is 4.90 Å². The second-order valence-electron chi connectivity index (χ2n) is 4.62. The van der Waals surface area contributed by atoms with Crippen LogP contribution in [0.25, 0.3) is 0 Å². The van der Waals surface area contributed by atoms with Gasteiger partial charge in [-0.15, -0.1) is 0 Å². The number of hydrogen-bond donors (Lipinski definition) is 1. The number of hydrogen-bond acceptors (Lipinski definition) is 4. The van der Waals surface area contributed by atoms with Gasteiger partial charge >= 0.3 is 0 Å². The first kappa shape index (κ1) is 13.5. The third-order valence-electron chi connectivity index (χ3n) is 3.45. The van der Waals surface area contributed by atoms with Crippen LogP contribution in [0.5, 0.6) is 0 Å². The van der Waals surface area contributed by atoms with Crippen molar-refractivity contribution in [3.05, 3.63) is 12.4 Å². The zero-order chi connectivity index (χ0) is 13.2.